The van der Waals surface area contributed by atoms with Gasteiger partial charge < -0.3 is 4.74 Å². The number of nitrogens with one attached hydrogen (secondary N) is 1. The molecule has 140 valence electrons. The fraction of sp³-hybridized carbons (Fsp3) is 0.136. The normalized spacial score (nSPS) is 15.3. The molecule has 1 aliphatic rings. The van der Waals surface area contributed by atoms with E-state index in [1.165, 1.54) is 5.01 Å². The Labute approximate surface area is 162 Å². The highest BCUT2D eigenvalue weighted by Crippen LogP contribution is 2.30. The number of hydrazine groups is 1. The molecule has 0 saturated carbocycles. The quantitative estimate of drug-likeness (QED) is 0.549. The first-order valence-electron chi connectivity index (χ1n) is 9.10. The fourth-order valence-electron chi connectivity index (χ4n) is 3.12. The Morgan fingerprint density at radius 3 is 2.68 bits per heavy atom. The molecule has 1 aliphatic heterocycles. The number of carbonyl (C=O) groups is 2. The van der Waals surface area contributed by atoms with E-state index in [1.54, 1.807) is 30.6 Å². The van der Waals surface area contributed by atoms with E-state index in [1.807, 2.05) is 43.3 Å². The Morgan fingerprint density at radius 1 is 1.07 bits per heavy atom. The molecule has 0 radical (unpaired) electrons. The number of hydrogen-bond donors (Lipinski definition) is 1. The molecule has 6 nitrogen and oxygen atoms in total. The van der Waals surface area contributed by atoms with E-state index in [4.69, 9.17) is 4.74 Å². The largest absolute Gasteiger partial charge is 0.493 e. The summed E-state index contributed by atoms with van der Waals surface area (Å²) in [5.74, 6) is -0.0636. The topological polar surface area (TPSA) is 71.5 Å². The van der Waals surface area contributed by atoms with Crippen molar-refractivity contribution in [3.8, 4) is 5.75 Å². The summed E-state index contributed by atoms with van der Waals surface area (Å²) < 4.78 is 5.81. The van der Waals surface area contributed by atoms with Crippen LogP contribution in [0, 0.1) is 0 Å². The lowest BCUT2D eigenvalue weighted by atomic mass is 10.0. The van der Waals surface area contributed by atoms with Crippen molar-refractivity contribution in [2.45, 2.75) is 13.3 Å². The smallest absolute Gasteiger partial charge is 0.282 e. The van der Waals surface area contributed by atoms with Crippen molar-refractivity contribution in [1.29, 1.82) is 0 Å². The van der Waals surface area contributed by atoms with E-state index in [9.17, 15) is 9.59 Å². The monoisotopic (exact) mass is 373 g/mol. The molecule has 1 fully saturated rings. The first-order chi connectivity index (χ1) is 13.7. The zero-order chi connectivity index (χ0) is 19.5. The highest BCUT2D eigenvalue weighted by molar-refractivity contribution is 6.32. The van der Waals surface area contributed by atoms with Crippen LogP contribution in [-0.2, 0) is 9.59 Å². The van der Waals surface area contributed by atoms with Gasteiger partial charge in [-0.05, 0) is 42.3 Å². The lowest BCUT2D eigenvalue weighted by Gasteiger charge is -2.14. The number of para-hydroxylation sites is 1. The van der Waals surface area contributed by atoms with Crippen LogP contribution in [0.4, 0.5) is 5.69 Å². The van der Waals surface area contributed by atoms with Gasteiger partial charge in [-0.1, -0.05) is 31.2 Å². The zero-order valence-corrected chi connectivity index (χ0v) is 15.4. The summed E-state index contributed by atoms with van der Waals surface area (Å²) in [7, 11) is 0. The average molecular weight is 373 g/mol. The standard InChI is InChI=1S/C22H19N3O3/c1-2-12-28-20-9-8-15(19-14-23-11-10-17(19)20)13-18-21(26)24-25(22(18)27)16-6-4-3-5-7-16/h3-11,13-14H,2,12H2,1H3,(H,24,26)/b18-13+. The van der Waals surface area contributed by atoms with Gasteiger partial charge >= 0.3 is 0 Å². The van der Waals surface area contributed by atoms with Crippen molar-refractivity contribution in [3.63, 3.8) is 0 Å². The molecule has 1 N–H and O–H groups in total. The molecule has 0 unspecified atom stereocenters. The molecule has 3 aromatic rings. The van der Waals surface area contributed by atoms with Gasteiger partial charge in [0, 0.05) is 23.2 Å². The summed E-state index contributed by atoms with van der Waals surface area (Å²) in [6, 6.07) is 14.6. The lowest BCUT2D eigenvalue weighted by Crippen LogP contribution is -2.35. The number of amides is 2. The number of aromatic nitrogens is 1. The molecule has 0 aliphatic carbocycles. The number of carbonyl (C=O) groups excluding carboxylic acids is 2. The number of benzene rings is 2. The molecule has 0 atom stereocenters. The van der Waals surface area contributed by atoms with Crippen molar-refractivity contribution in [2.24, 2.45) is 0 Å². The molecule has 1 aromatic heterocycles. The molecule has 2 amide bonds. The van der Waals surface area contributed by atoms with Gasteiger partial charge in [-0.3, -0.25) is 20.0 Å². The number of anilines is 1. The van der Waals surface area contributed by atoms with E-state index in [0.717, 1.165) is 28.5 Å². The average Bonchev–Trinajstić information content (AvgIpc) is 3.02. The molecule has 0 bridgehead atoms. The van der Waals surface area contributed by atoms with E-state index in [0.29, 0.717) is 12.3 Å². The van der Waals surface area contributed by atoms with Crippen LogP contribution in [0.15, 0.2) is 66.5 Å². The Bertz CT molecular complexity index is 1080. The third-order valence-corrected chi connectivity index (χ3v) is 4.48. The van der Waals surface area contributed by atoms with Crippen molar-refractivity contribution in [2.75, 3.05) is 11.6 Å². The van der Waals surface area contributed by atoms with Gasteiger partial charge in [0.05, 0.1) is 12.3 Å². The predicted molar refractivity (Wildman–Crippen MR) is 108 cm³/mol. The minimum absolute atomic E-state index is 0.0798. The van der Waals surface area contributed by atoms with E-state index in [2.05, 4.69) is 10.4 Å². The Kier molecular flexibility index (Phi) is 4.76. The third kappa shape index (κ3) is 3.20. The second-order valence-electron chi connectivity index (χ2n) is 6.40. The second kappa shape index (κ2) is 7.52. The summed E-state index contributed by atoms with van der Waals surface area (Å²) in [5.41, 5.74) is 4.04. The summed E-state index contributed by atoms with van der Waals surface area (Å²) in [4.78, 5) is 29.4. The minimum atomic E-state index is -0.433. The molecule has 0 spiro atoms. The number of nitrogens with zero attached hydrogens (tertiary/aromatic N) is 2. The summed E-state index contributed by atoms with van der Waals surface area (Å²) in [5, 5.41) is 2.97. The number of pyridine rings is 1. The highest BCUT2D eigenvalue weighted by atomic mass is 16.5. The Balaban J connectivity index is 1.74. The minimum Gasteiger partial charge on any atom is -0.493 e. The number of rotatable bonds is 5. The van der Waals surface area contributed by atoms with Crippen LogP contribution in [-0.4, -0.2) is 23.4 Å². The number of ether oxygens (including phenoxy) is 1. The van der Waals surface area contributed by atoms with Crippen molar-refractivity contribution in [3.05, 3.63) is 72.1 Å². The van der Waals surface area contributed by atoms with Gasteiger partial charge in [0.15, 0.2) is 0 Å². The van der Waals surface area contributed by atoms with Gasteiger partial charge in [0.25, 0.3) is 11.8 Å². The van der Waals surface area contributed by atoms with Crippen LogP contribution in [0.3, 0.4) is 0 Å². The molecule has 6 heteroatoms. The predicted octanol–water partition coefficient (Wildman–Crippen LogP) is 3.49. The maximum atomic E-state index is 12.8. The van der Waals surface area contributed by atoms with E-state index >= 15 is 0 Å². The maximum absolute atomic E-state index is 12.8. The summed E-state index contributed by atoms with van der Waals surface area (Å²) in [6.07, 6.45) is 5.92. The van der Waals surface area contributed by atoms with Crippen LogP contribution in [0.25, 0.3) is 16.8 Å². The zero-order valence-electron chi connectivity index (χ0n) is 15.4. The van der Waals surface area contributed by atoms with Crippen molar-refractivity contribution in [1.82, 2.24) is 10.4 Å². The second-order valence-corrected chi connectivity index (χ2v) is 6.40. The highest BCUT2D eigenvalue weighted by Gasteiger charge is 2.34. The number of fused-ring (bicyclic) bond motifs is 1. The van der Waals surface area contributed by atoms with Crippen LogP contribution >= 0.6 is 0 Å². The fourth-order valence-corrected chi connectivity index (χ4v) is 3.12. The van der Waals surface area contributed by atoms with Crippen LogP contribution in [0.2, 0.25) is 0 Å². The molecule has 2 heterocycles. The van der Waals surface area contributed by atoms with Crippen molar-refractivity contribution < 1.29 is 14.3 Å². The SMILES string of the molecule is CCCOc1ccc(/C=C2\C(=O)NN(c3ccccc3)C2=O)c2cnccc12. The van der Waals surface area contributed by atoms with Gasteiger partial charge in [0.1, 0.15) is 11.3 Å². The van der Waals surface area contributed by atoms with E-state index in [-0.39, 0.29) is 11.5 Å². The molecule has 4 rings (SSSR count). The van der Waals surface area contributed by atoms with Gasteiger partial charge in [-0.2, -0.15) is 0 Å². The van der Waals surface area contributed by atoms with Crippen LogP contribution in [0.1, 0.15) is 18.9 Å². The molecular weight excluding hydrogens is 354 g/mol. The van der Waals surface area contributed by atoms with Crippen LogP contribution < -0.4 is 15.2 Å². The summed E-state index contributed by atoms with van der Waals surface area (Å²) >= 11 is 0. The van der Waals surface area contributed by atoms with Gasteiger partial charge in [0.2, 0.25) is 0 Å². The van der Waals surface area contributed by atoms with Gasteiger partial charge in [-0.15, -0.1) is 0 Å². The molecule has 28 heavy (non-hydrogen) atoms. The first kappa shape index (κ1) is 17.7. The third-order valence-electron chi connectivity index (χ3n) is 4.48. The maximum Gasteiger partial charge on any atom is 0.282 e. The Morgan fingerprint density at radius 2 is 1.89 bits per heavy atom. The molecular formula is C22H19N3O3. The summed E-state index contributed by atoms with van der Waals surface area (Å²) in [6.45, 7) is 2.66. The van der Waals surface area contributed by atoms with E-state index < -0.39 is 5.91 Å². The molecule has 1 saturated heterocycles. The molecule has 2 aromatic carbocycles. The Hall–Kier alpha value is -3.67. The number of hydrogen-bond acceptors (Lipinski definition) is 4. The van der Waals surface area contributed by atoms with Crippen LogP contribution in [0.5, 0.6) is 5.75 Å². The lowest BCUT2D eigenvalue weighted by molar-refractivity contribution is -0.117. The van der Waals surface area contributed by atoms with Gasteiger partial charge in [-0.25, -0.2) is 5.01 Å². The van der Waals surface area contributed by atoms with Crippen molar-refractivity contribution >= 4 is 34.4 Å². The first-order valence-corrected chi connectivity index (χ1v) is 9.10.